The third kappa shape index (κ3) is 2.43. The van der Waals surface area contributed by atoms with Gasteiger partial charge < -0.3 is 0 Å². The summed E-state index contributed by atoms with van der Waals surface area (Å²) in [7, 11) is 0. The van der Waals surface area contributed by atoms with E-state index in [1.54, 1.807) is 0 Å². The molecule has 18 heavy (non-hydrogen) atoms. The molecule has 0 N–H and O–H groups in total. The predicted octanol–water partition coefficient (Wildman–Crippen LogP) is 2.31. The van der Waals surface area contributed by atoms with Crippen molar-refractivity contribution in [1.29, 1.82) is 0 Å². The quantitative estimate of drug-likeness (QED) is 0.528. The second-order valence-corrected chi connectivity index (χ2v) is 7.15. The van der Waals surface area contributed by atoms with Crippen LogP contribution in [0.4, 0.5) is 0 Å². The molecule has 0 aromatic rings. The molecule has 2 amide bonds. The molecular weight excluding hydrogens is 226 g/mol. The normalized spacial score (nSPS) is 25.5. The summed E-state index contributed by atoms with van der Waals surface area (Å²) in [5.41, 5.74) is -0.484. The number of imide groups is 1. The molecule has 0 saturated carbocycles. The van der Waals surface area contributed by atoms with Gasteiger partial charge in [0.15, 0.2) is 0 Å². The number of hydrogen-bond acceptors (Lipinski definition) is 2. The zero-order valence-electron chi connectivity index (χ0n) is 12.2. The van der Waals surface area contributed by atoms with Crippen LogP contribution in [0.2, 0.25) is 0 Å². The van der Waals surface area contributed by atoms with Gasteiger partial charge in [-0.25, -0.2) is 0 Å². The number of terminal acetylenes is 1. The van der Waals surface area contributed by atoms with Crippen LogP contribution in [0.5, 0.6) is 0 Å². The Morgan fingerprint density at radius 2 is 1.33 bits per heavy atom. The molecule has 1 aliphatic heterocycles. The van der Waals surface area contributed by atoms with Gasteiger partial charge in [-0.15, -0.1) is 6.42 Å². The number of carbonyl (C=O) groups is 2. The molecule has 1 fully saturated rings. The van der Waals surface area contributed by atoms with Gasteiger partial charge in [-0.2, -0.15) is 0 Å². The van der Waals surface area contributed by atoms with Gasteiger partial charge in [0, 0.05) is 0 Å². The molecule has 0 aliphatic carbocycles. The monoisotopic (exact) mass is 249 g/mol. The molecule has 1 aliphatic rings. The van der Waals surface area contributed by atoms with E-state index in [4.69, 9.17) is 6.42 Å². The second-order valence-electron chi connectivity index (χ2n) is 7.15. The Bertz CT molecular complexity index is 372. The molecule has 2 unspecified atom stereocenters. The van der Waals surface area contributed by atoms with Crippen molar-refractivity contribution in [3.63, 3.8) is 0 Å². The lowest BCUT2D eigenvalue weighted by Gasteiger charge is -2.35. The molecule has 2 atom stereocenters. The van der Waals surface area contributed by atoms with Crippen molar-refractivity contribution in [2.24, 2.45) is 22.7 Å². The standard InChI is InChI=1S/C15H23NO2/c1-8-9-16-12(17)10(14(2,3)4)11(13(16)18)15(5,6)7/h1,10-11H,9H2,2-7H3. The molecule has 1 rings (SSSR count). The van der Waals surface area contributed by atoms with Crippen LogP contribution < -0.4 is 0 Å². The fourth-order valence-electron chi connectivity index (χ4n) is 2.72. The van der Waals surface area contributed by atoms with Crippen LogP contribution in [0, 0.1) is 35.0 Å². The van der Waals surface area contributed by atoms with Crippen LogP contribution in [0.15, 0.2) is 0 Å². The highest BCUT2D eigenvalue weighted by Gasteiger charge is 2.55. The van der Waals surface area contributed by atoms with E-state index in [2.05, 4.69) is 5.92 Å². The molecule has 3 nitrogen and oxygen atoms in total. The van der Waals surface area contributed by atoms with Crippen molar-refractivity contribution >= 4 is 11.8 Å². The number of rotatable bonds is 1. The van der Waals surface area contributed by atoms with Crippen LogP contribution in [0.3, 0.4) is 0 Å². The smallest absolute Gasteiger partial charge is 0.234 e. The average molecular weight is 249 g/mol. The number of nitrogens with zero attached hydrogens (tertiary/aromatic N) is 1. The zero-order chi connectivity index (χ0) is 14.3. The molecule has 0 bridgehead atoms. The maximum Gasteiger partial charge on any atom is 0.234 e. The summed E-state index contributed by atoms with van der Waals surface area (Å²) in [5.74, 6) is 1.57. The maximum atomic E-state index is 12.4. The summed E-state index contributed by atoms with van der Waals surface area (Å²) >= 11 is 0. The van der Waals surface area contributed by atoms with E-state index in [-0.39, 0.29) is 41.0 Å². The third-order valence-electron chi connectivity index (χ3n) is 3.51. The first kappa shape index (κ1) is 14.8. The topological polar surface area (TPSA) is 37.4 Å². The number of carbonyl (C=O) groups excluding carboxylic acids is 2. The van der Waals surface area contributed by atoms with Gasteiger partial charge in [-0.3, -0.25) is 14.5 Å². The van der Waals surface area contributed by atoms with Gasteiger partial charge in [-0.05, 0) is 10.8 Å². The van der Waals surface area contributed by atoms with Crippen LogP contribution >= 0.6 is 0 Å². The van der Waals surface area contributed by atoms with Crippen molar-refractivity contribution in [2.45, 2.75) is 41.5 Å². The lowest BCUT2D eigenvalue weighted by molar-refractivity contribution is -0.140. The summed E-state index contributed by atoms with van der Waals surface area (Å²) in [6, 6.07) is 0. The molecule has 0 spiro atoms. The van der Waals surface area contributed by atoms with Gasteiger partial charge >= 0.3 is 0 Å². The molecule has 0 radical (unpaired) electrons. The Morgan fingerprint density at radius 1 is 1.00 bits per heavy atom. The molecule has 0 aromatic carbocycles. The lowest BCUT2D eigenvalue weighted by Crippen LogP contribution is -2.38. The summed E-state index contributed by atoms with van der Waals surface area (Å²) in [6.45, 7) is 12.1. The van der Waals surface area contributed by atoms with Crippen molar-refractivity contribution in [3.8, 4) is 12.3 Å². The number of likely N-dealkylation sites (tertiary alicyclic amines) is 1. The molecule has 1 heterocycles. The van der Waals surface area contributed by atoms with Gasteiger partial charge in [0.2, 0.25) is 11.8 Å². The van der Waals surface area contributed by atoms with E-state index in [1.165, 1.54) is 4.90 Å². The molecule has 3 heteroatoms. The van der Waals surface area contributed by atoms with Crippen molar-refractivity contribution in [2.75, 3.05) is 6.54 Å². The van der Waals surface area contributed by atoms with Crippen molar-refractivity contribution in [3.05, 3.63) is 0 Å². The van der Waals surface area contributed by atoms with Gasteiger partial charge in [0.05, 0.1) is 18.4 Å². The lowest BCUT2D eigenvalue weighted by atomic mass is 9.65. The van der Waals surface area contributed by atoms with Crippen LogP contribution in [-0.2, 0) is 9.59 Å². The van der Waals surface area contributed by atoms with E-state index < -0.39 is 0 Å². The third-order valence-corrected chi connectivity index (χ3v) is 3.51. The highest BCUT2D eigenvalue weighted by molar-refractivity contribution is 6.06. The Morgan fingerprint density at radius 3 is 1.56 bits per heavy atom. The summed E-state index contributed by atoms with van der Waals surface area (Å²) in [6.07, 6.45) is 5.25. The first-order valence-corrected chi connectivity index (χ1v) is 6.30. The van der Waals surface area contributed by atoms with E-state index in [0.29, 0.717) is 0 Å². The van der Waals surface area contributed by atoms with E-state index >= 15 is 0 Å². The summed E-state index contributed by atoms with van der Waals surface area (Å²) < 4.78 is 0. The number of amides is 2. The van der Waals surface area contributed by atoms with Crippen molar-refractivity contribution in [1.82, 2.24) is 4.90 Å². The zero-order valence-corrected chi connectivity index (χ0v) is 12.2. The Labute approximate surface area is 110 Å². The van der Waals surface area contributed by atoms with Crippen molar-refractivity contribution < 1.29 is 9.59 Å². The number of hydrogen-bond donors (Lipinski definition) is 0. The van der Waals surface area contributed by atoms with Crippen LogP contribution in [0.25, 0.3) is 0 Å². The molecule has 0 aromatic heterocycles. The first-order valence-electron chi connectivity index (χ1n) is 6.30. The fourth-order valence-corrected chi connectivity index (χ4v) is 2.72. The first-order chi connectivity index (χ1) is 8.01. The Kier molecular flexibility index (Phi) is 3.63. The SMILES string of the molecule is C#CCN1C(=O)C(C(C)(C)C)C(C(C)(C)C)C1=O. The average Bonchev–Trinajstić information content (AvgIpc) is 2.40. The van der Waals surface area contributed by atoms with Crippen LogP contribution in [-0.4, -0.2) is 23.3 Å². The Hall–Kier alpha value is -1.30. The minimum atomic E-state index is -0.293. The molecular formula is C15H23NO2. The fraction of sp³-hybridized carbons (Fsp3) is 0.733. The van der Waals surface area contributed by atoms with Gasteiger partial charge in [-0.1, -0.05) is 47.5 Å². The minimum absolute atomic E-state index is 0.0802. The Balaban J connectivity index is 3.26. The second kappa shape index (κ2) is 4.42. The van der Waals surface area contributed by atoms with Gasteiger partial charge in [0.1, 0.15) is 0 Å². The predicted molar refractivity (Wildman–Crippen MR) is 71.4 cm³/mol. The highest BCUT2D eigenvalue weighted by Crippen LogP contribution is 2.47. The summed E-state index contributed by atoms with van der Waals surface area (Å²) in [5, 5.41) is 0. The summed E-state index contributed by atoms with van der Waals surface area (Å²) in [4.78, 5) is 26.1. The molecule has 1 saturated heterocycles. The van der Waals surface area contributed by atoms with Gasteiger partial charge in [0.25, 0.3) is 0 Å². The van der Waals surface area contributed by atoms with E-state index in [0.717, 1.165) is 0 Å². The largest absolute Gasteiger partial charge is 0.274 e. The van der Waals surface area contributed by atoms with E-state index in [9.17, 15) is 9.59 Å². The van der Waals surface area contributed by atoms with Crippen LogP contribution in [0.1, 0.15) is 41.5 Å². The minimum Gasteiger partial charge on any atom is -0.274 e. The van der Waals surface area contributed by atoms with E-state index in [1.807, 2.05) is 41.5 Å². The maximum absolute atomic E-state index is 12.4. The molecule has 100 valence electrons. The highest BCUT2D eigenvalue weighted by atomic mass is 16.2.